The van der Waals surface area contributed by atoms with Crippen LogP contribution in [0.5, 0.6) is 5.88 Å². The summed E-state index contributed by atoms with van der Waals surface area (Å²) in [6.45, 7) is 0.627. The van der Waals surface area contributed by atoms with Crippen LogP contribution in [0.3, 0.4) is 0 Å². The van der Waals surface area contributed by atoms with E-state index >= 15 is 0 Å². The van der Waals surface area contributed by atoms with Crippen molar-refractivity contribution in [2.75, 3.05) is 28.2 Å². The largest absolute Gasteiger partial charge is 0.474 e. The molecular weight excluding hydrogens is 264 g/mol. The number of aromatic nitrogens is 1. The third kappa shape index (κ3) is 4.62. The van der Waals surface area contributed by atoms with Gasteiger partial charge in [-0.15, -0.1) is 0 Å². The smallest absolute Gasteiger partial charge is 0.213 e. The molecule has 1 fully saturated rings. The van der Waals surface area contributed by atoms with Crippen molar-refractivity contribution in [1.82, 2.24) is 14.8 Å². The van der Waals surface area contributed by atoms with Gasteiger partial charge in [-0.2, -0.15) is 0 Å². The predicted molar refractivity (Wildman–Crippen MR) is 85.6 cm³/mol. The van der Waals surface area contributed by atoms with Gasteiger partial charge in [0.15, 0.2) is 5.96 Å². The number of nitrogens with zero attached hydrogens (tertiary/aromatic N) is 4. The molecule has 1 saturated carbocycles. The van der Waals surface area contributed by atoms with E-state index in [1.54, 1.807) is 0 Å². The molecule has 21 heavy (non-hydrogen) atoms. The molecule has 0 amide bonds. The summed E-state index contributed by atoms with van der Waals surface area (Å²) in [6, 6.07) is 4.00. The molecule has 1 aromatic heterocycles. The summed E-state index contributed by atoms with van der Waals surface area (Å²) in [4.78, 5) is 13.0. The van der Waals surface area contributed by atoms with E-state index < -0.39 is 0 Å². The molecule has 1 aliphatic carbocycles. The number of hydrogen-bond donors (Lipinski definition) is 0. The van der Waals surface area contributed by atoms with Gasteiger partial charge in [-0.3, -0.25) is 0 Å². The molecule has 5 heteroatoms. The second-order valence-electron chi connectivity index (χ2n) is 5.93. The minimum absolute atomic E-state index is 0.357. The van der Waals surface area contributed by atoms with Crippen LogP contribution < -0.4 is 4.74 Å². The number of ether oxygens (including phenoxy) is 1. The zero-order chi connectivity index (χ0) is 15.2. The van der Waals surface area contributed by atoms with E-state index in [0.29, 0.717) is 12.6 Å². The van der Waals surface area contributed by atoms with Crippen LogP contribution in [0.25, 0.3) is 0 Å². The summed E-state index contributed by atoms with van der Waals surface area (Å²) in [5.74, 6) is 1.68. The molecule has 0 saturated heterocycles. The Labute approximate surface area is 127 Å². The molecule has 0 bridgehead atoms. The fourth-order valence-corrected chi connectivity index (χ4v) is 2.60. The Balaban J connectivity index is 1.93. The van der Waals surface area contributed by atoms with Crippen LogP contribution in [0.1, 0.15) is 31.2 Å². The maximum absolute atomic E-state index is 5.87. The monoisotopic (exact) mass is 290 g/mol. The highest BCUT2D eigenvalue weighted by atomic mass is 16.5. The first-order valence-electron chi connectivity index (χ1n) is 7.57. The molecule has 1 heterocycles. The maximum atomic E-state index is 5.87. The van der Waals surface area contributed by atoms with Gasteiger partial charge in [-0.1, -0.05) is 6.07 Å². The first-order chi connectivity index (χ1) is 10.1. The van der Waals surface area contributed by atoms with Crippen molar-refractivity contribution in [3.8, 4) is 5.88 Å². The second-order valence-corrected chi connectivity index (χ2v) is 5.93. The summed E-state index contributed by atoms with van der Waals surface area (Å²) in [7, 11) is 7.98. The quantitative estimate of drug-likeness (QED) is 0.630. The fourth-order valence-electron chi connectivity index (χ4n) is 2.60. The van der Waals surface area contributed by atoms with Crippen LogP contribution >= 0.6 is 0 Å². The molecule has 5 nitrogen and oxygen atoms in total. The van der Waals surface area contributed by atoms with Crippen LogP contribution in [0, 0.1) is 0 Å². The molecule has 0 spiro atoms. The summed E-state index contributed by atoms with van der Waals surface area (Å²) in [5, 5.41) is 0. The van der Waals surface area contributed by atoms with Crippen LogP contribution in [0.4, 0.5) is 0 Å². The Kier molecular flexibility index (Phi) is 5.42. The lowest BCUT2D eigenvalue weighted by molar-refractivity contribution is 0.201. The van der Waals surface area contributed by atoms with Gasteiger partial charge in [-0.05, 0) is 31.2 Å². The number of guanidine groups is 1. The third-order valence-electron chi connectivity index (χ3n) is 3.59. The molecular formula is C16H26N4O. The molecule has 0 aromatic carbocycles. The van der Waals surface area contributed by atoms with E-state index in [-0.39, 0.29) is 0 Å². The molecule has 0 atom stereocenters. The zero-order valence-electron chi connectivity index (χ0n) is 13.5. The van der Waals surface area contributed by atoms with Crippen molar-refractivity contribution < 1.29 is 4.74 Å². The minimum Gasteiger partial charge on any atom is -0.474 e. The van der Waals surface area contributed by atoms with E-state index in [1.165, 1.54) is 12.8 Å². The van der Waals surface area contributed by atoms with Gasteiger partial charge in [0.2, 0.25) is 5.88 Å². The number of aliphatic imine (C=N–C) groups is 1. The van der Waals surface area contributed by atoms with E-state index in [2.05, 4.69) is 9.98 Å². The second kappa shape index (κ2) is 7.29. The summed E-state index contributed by atoms with van der Waals surface area (Å²) in [5.41, 5.74) is 1.09. The van der Waals surface area contributed by atoms with E-state index in [1.807, 2.05) is 56.3 Å². The Morgan fingerprint density at radius 2 is 1.86 bits per heavy atom. The van der Waals surface area contributed by atoms with Gasteiger partial charge in [0.1, 0.15) is 6.10 Å². The van der Waals surface area contributed by atoms with Crippen LogP contribution in [0.15, 0.2) is 23.3 Å². The van der Waals surface area contributed by atoms with Crippen molar-refractivity contribution in [1.29, 1.82) is 0 Å². The summed E-state index contributed by atoms with van der Waals surface area (Å²) in [6.07, 6.45) is 7.07. The van der Waals surface area contributed by atoms with Crippen molar-refractivity contribution >= 4 is 5.96 Å². The predicted octanol–water partition coefficient (Wildman–Crippen LogP) is 2.38. The highest BCUT2D eigenvalue weighted by Crippen LogP contribution is 2.22. The molecule has 0 unspecified atom stereocenters. The SMILES string of the molecule is CN(C)C(=NCc1ccc(OC2CCCC2)nc1)N(C)C. The van der Waals surface area contributed by atoms with E-state index in [0.717, 1.165) is 30.2 Å². The first kappa shape index (κ1) is 15.6. The van der Waals surface area contributed by atoms with Crippen molar-refractivity contribution in [2.45, 2.75) is 38.3 Å². The summed E-state index contributed by atoms with van der Waals surface area (Å²) < 4.78 is 5.87. The molecule has 0 radical (unpaired) electrons. The zero-order valence-corrected chi connectivity index (χ0v) is 13.5. The van der Waals surface area contributed by atoms with Crippen molar-refractivity contribution in [3.05, 3.63) is 23.9 Å². The Morgan fingerprint density at radius 1 is 1.19 bits per heavy atom. The molecule has 1 aromatic rings. The van der Waals surface area contributed by atoms with Crippen LogP contribution in [-0.4, -0.2) is 55.0 Å². The lowest BCUT2D eigenvalue weighted by Crippen LogP contribution is -2.35. The standard InChI is InChI=1S/C16H26N4O/c1-19(2)16(20(3)4)18-12-13-9-10-15(17-11-13)21-14-7-5-6-8-14/h9-11,14H,5-8,12H2,1-4H3. The average Bonchev–Trinajstić information content (AvgIpc) is 2.93. The number of rotatable bonds is 4. The van der Waals surface area contributed by atoms with Gasteiger partial charge in [0, 0.05) is 40.5 Å². The normalized spacial score (nSPS) is 14.9. The number of pyridine rings is 1. The van der Waals surface area contributed by atoms with Crippen molar-refractivity contribution in [3.63, 3.8) is 0 Å². The lowest BCUT2D eigenvalue weighted by Gasteiger charge is -2.22. The Bertz CT molecular complexity index is 452. The molecule has 116 valence electrons. The van der Waals surface area contributed by atoms with Gasteiger partial charge in [0.25, 0.3) is 0 Å². The van der Waals surface area contributed by atoms with Gasteiger partial charge >= 0.3 is 0 Å². The highest BCUT2D eigenvalue weighted by molar-refractivity contribution is 5.79. The van der Waals surface area contributed by atoms with E-state index in [9.17, 15) is 0 Å². The van der Waals surface area contributed by atoms with Gasteiger partial charge in [0.05, 0.1) is 6.54 Å². The average molecular weight is 290 g/mol. The Morgan fingerprint density at radius 3 is 2.38 bits per heavy atom. The minimum atomic E-state index is 0.357. The molecule has 0 aliphatic heterocycles. The fraction of sp³-hybridized carbons (Fsp3) is 0.625. The van der Waals surface area contributed by atoms with Gasteiger partial charge in [-0.25, -0.2) is 9.98 Å². The van der Waals surface area contributed by atoms with Crippen molar-refractivity contribution in [2.24, 2.45) is 4.99 Å². The maximum Gasteiger partial charge on any atom is 0.213 e. The van der Waals surface area contributed by atoms with Crippen LogP contribution in [-0.2, 0) is 6.54 Å². The highest BCUT2D eigenvalue weighted by Gasteiger charge is 2.16. The number of hydrogen-bond acceptors (Lipinski definition) is 3. The lowest BCUT2D eigenvalue weighted by atomic mass is 10.3. The van der Waals surface area contributed by atoms with Crippen LogP contribution in [0.2, 0.25) is 0 Å². The van der Waals surface area contributed by atoms with E-state index in [4.69, 9.17) is 4.74 Å². The Hall–Kier alpha value is -1.78. The topological polar surface area (TPSA) is 41.0 Å². The summed E-state index contributed by atoms with van der Waals surface area (Å²) >= 11 is 0. The van der Waals surface area contributed by atoms with Gasteiger partial charge < -0.3 is 14.5 Å². The molecule has 1 aliphatic rings. The molecule has 2 rings (SSSR count). The first-order valence-corrected chi connectivity index (χ1v) is 7.57. The third-order valence-corrected chi connectivity index (χ3v) is 3.59. The molecule has 0 N–H and O–H groups in total.